The summed E-state index contributed by atoms with van der Waals surface area (Å²) in [6, 6.07) is 3.81. The minimum absolute atomic E-state index is 0.0938. The first-order chi connectivity index (χ1) is 10.7. The molecule has 2 rings (SSSR count). The van der Waals surface area contributed by atoms with Crippen molar-refractivity contribution in [2.75, 3.05) is 31.6 Å². The molecule has 1 aromatic heterocycles. The molecule has 2 N–H and O–H groups in total. The highest BCUT2D eigenvalue weighted by Gasteiger charge is 2.24. The van der Waals surface area contributed by atoms with Crippen molar-refractivity contribution in [1.29, 1.82) is 0 Å². The molecule has 2 heterocycles. The third kappa shape index (κ3) is 5.39. The van der Waals surface area contributed by atoms with Crippen LogP contribution in [0, 0.1) is 12.8 Å². The Morgan fingerprint density at radius 1 is 1.32 bits per heavy atom. The lowest BCUT2D eigenvalue weighted by molar-refractivity contribution is -0.121. The molecule has 1 aromatic rings. The van der Waals surface area contributed by atoms with Gasteiger partial charge in [-0.2, -0.15) is 0 Å². The number of anilines is 1. The first kappa shape index (κ1) is 16.9. The number of carbonyl (C=O) groups excluding carboxylic acids is 1. The van der Waals surface area contributed by atoms with Crippen LogP contribution in [0.25, 0.3) is 0 Å². The third-order valence-electron chi connectivity index (χ3n) is 4.25. The topological polar surface area (TPSA) is 65.5 Å². The molecule has 0 aromatic carbocycles. The minimum Gasteiger partial charge on any atom is -0.396 e. The van der Waals surface area contributed by atoms with Crippen LogP contribution in [0.5, 0.6) is 0 Å². The van der Waals surface area contributed by atoms with Gasteiger partial charge in [-0.15, -0.1) is 0 Å². The van der Waals surface area contributed by atoms with Gasteiger partial charge in [0, 0.05) is 18.7 Å². The van der Waals surface area contributed by atoms with Gasteiger partial charge >= 0.3 is 0 Å². The lowest BCUT2D eigenvalue weighted by Crippen LogP contribution is -2.38. The standard InChI is InChI=1S/C17H27N3O2/c1-14-5-6-16(18-13-14)19-17(22)15-7-10-20(11-8-15)9-3-2-4-12-21/h5-6,13,15,21H,2-4,7-12H2,1H3,(H,18,19,22). The Morgan fingerprint density at radius 3 is 2.73 bits per heavy atom. The van der Waals surface area contributed by atoms with E-state index in [1.165, 1.54) is 0 Å². The number of aryl methyl sites for hydroxylation is 1. The van der Waals surface area contributed by atoms with Crippen molar-refractivity contribution >= 4 is 11.7 Å². The molecule has 0 unspecified atom stereocenters. The van der Waals surface area contributed by atoms with Gasteiger partial charge in [0.15, 0.2) is 0 Å². The monoisotopic (exact) mass is 305 g/mol. The van der Waals surface area contributed by atoms with E-state index in [1.54, 1.807) is 6.20 Å². The Balaban J connectivity index is 1.69. The average Bonchev–Trinajstić information content (AvgIpc) is 2.54. The van der Waals surface area contributed by atoms with Gasteiger partial charge in [-0.3, -0.25) is 4.79 Å². The number of aliphatic hydroxyl groups excluding tert-OH is 1. The molecule has 122 valence electrons. The Hall–Kier alpha value is -1.46. The predicted octanol–water partition coefficient (Wildman–Crippen LogP) is 2.20. The number of nitrogens with one attached hydrogen (secondary N) is 1. The number of hydrogen-bond donors (Lipinski definition) is 2. The number of aliphatic hydroxyl groups is 1. The summed E-state index contributed by atoms with van der Waals surface area (Å²) in [5.41, 5.74) is 1.09. The normalized spacial score (nSPS) is 16.6. The van der Waals surface area contributed by atoms with E-state index in [-0.39, 0.29) is 18.4 Å². The molecule has 0 spiro atoms. The van der Waals surface area contributed by atoms with Crippen molar-refractivity contribution in [3.8, 4) is 0 Å². The van der Waals surface area contributed by atoms with Crippen molar-refractivity contribution in [3.05, 3.63) is 23.9 Å². The van der Waals surface area contributed by atoms with Gasteiger partial charge in [-0.25, -0.2) is 4.98 Å². The van der Waals surface area contributed by atoms with E-state index < -0.39 is 0 Å². The van der Waals surface area contributed by atoms with Gasteiger partial charge in [0.05, 0.1) is 0 Å². The summed E-state index contributed by atoms with van der Waals surface area (Å²) in [7, 11) is 0. The zero-order valence-corrected chi connectivity index (χ0v) is 13.4. The van der Waals surface area contributed by atoms with Gasteiger partial charge < -0.3 is 15.3 Å². The molecule has 0 saturated carbocycles. The zero-order chi connectivity index (χ0) is 15.8. The smallest absolute Gasteiger partial charge is 0.228 e. The fourth-order valence-corrected chi connectivity index (χ4v) is 2.81. The van der Waals surface area contributed by atoms with Crippen molar-refractivity contribution < 1.29 is 9.90 Å². The van der Waals surface area contributed by atoms with Gasteiger partial charge in [0.1, 0.15) is 5.82 Å². The Labute approximate surface area is 132 Å². The Kier molecular flexibility index (Phi) is 6.80. The number of unbranched alkanes of at least 4 members (excludes halogenated alkanes) is 2. The summed E-state index contributed by atoms with van der Waals surface area (Å²) in [5, 5.41) is 11.7. The first-order valence-electron chi connectivity index (χ1n) is 8.26. The third-order valence-corrected chi connectivity index (χ3v) is 4.25. The van der Waals surface area contributed by atoms with Crippen LogP contribution in [0.4, 0.5) is 5.82 Å². The van der Waals surface area contributed by atoms with Crippen molar-refractivity contribution in [1.82, 2.24) is 9.88 Å². The predicted molar refractivity (Wildman–Crippen MR) is 87.7 cm³/mol. The molecule has 1 fully saturated rings. The molecule has 5 nitrogen and oxygen atoms in total. The van der Waals surface area contributed by atoms with Crippen LogP contribution in [-0.4, -0.2) is 47.1 Å². The molecular weight excluding hydrogens is 278 g/mol. The van der Waals surface area contributed by atoms with Crippen LogP contribution in [-0.2, 0) is 4.79 Å². The van der Waals surface area contributed by atoms with E-state index in [9.17, 15) is 4.79 Å². The summed E-state index contributed by atoms with van der Waals surface area (Å²) in [5.74, 6) is 0.829. The van der Waals surface area contributed by atoms with E-state index in [2.05, 4.69) is 15.2 Å². The number of hydrogen-bond acceptors (Lipinski definition) is 4. The van der Waals surface area contributed by atoms with E-state index in [4.69, 9.17) is 5.11 Å². The fraction of sp³-hybridized carbons (Fsp3) is 0.647. The van der Waals surface area contributed by atoms with E-state index in [1.807, 2.05) is 19.1 Å². The maximum Gasteiger partial charge on any atom is 0.228 e. The number of pyridine rings is 1. The van der Waals surface area contributed by atoms with Crippen LogP contribution in [0.1, 0.15) is 37.7 Å². The lowest BCUT2D eigenvalue weighted by Gasteiger charge is -2.31. The van der Waals surface area contributed by atoms with E-state index >= 15 is 0 Å². The Morgan fingerprint density at radius 2 is 2.09 bits per heavy atom. The SMILES string of the molecule is Cc1ccc(NC(=O)C2CCN(CCCCCO)CC2)nc1. The zero-order valence-electron chi connectivity index (χ0n) is 13.4. The van der Waals surface area contributed by atoms with Crippen molar-refractivity contribution in [2.45, 2.75) is 39.0 Å². The van der Waals surface area contributed by atoms with Crippen LogP contribution in [0.2, 0.25) is 0 Å². The van der Waals surface area contributed by atoms with E-state index in [0.717, 1.165) is 57.3 Å². The first-order valence-corrected chi connectivity index (χ1v) is 8.26. The van der Waals surface area contributed by atoms with Crippen LogP contribution >= 0.6 is 0 Å². The second-order valence-electron chi connectivity index (χ2n) is 6.11. The molecule has 0 radical (unpaired) electrons. The van der Waals surface area contributed by atoms with Gasteiger partial charge in [-0.05, 0) is 70.3 Å². The van der Waals surface area contributed by atoms with Crippen LogP contribution < -0.4 is 5.32 Å². The number of nitrogens with zero attached hydrogens (tertiary/aromatic N) is 2. The molecule has 1 saturated heterocycles. The summed E-state index contributed by atoms with van der Waals surface area (Å²) >= 11 is 0. The second-order valence-corrected chi connectivity index (χ2v) is 6.11. The highest BCUT2D eigenvalue weighted by molar-refractivity contribution is 5.91. The summed E-state index contributed by atoms with van der Waals surface area (Å²) in [6.45, 7) is 5.31. The molecule has 0 aliphatic carbocycles. The molecule has 0 atom stereocenters. The molecule has 1 amide bonds. The molecule has 22 heavy (non-hydrogen) atoms. The van der Waals surface area contributed by atoms with Crippen molar-refractivity contribution in [3.63, 3.8) is 0 Å². The fourth-order valence-electron chi connectivity index (χ4n) is 2.81. The molecule has 1 aliphatic heterocycles. The highest BCUT2D eigenvalue weighted by atomic mass is 16.2. The van der Waals surface area contributed by atoms with Crippen molar-refractivity contribution in [2.24, 2.45) is 5.92 Å². The number of amides is 1. The maximum atomic E-state index is 12.3. The largest absolute Gasteiger partial charge is 0.396 e. The molecular formula is C17H27N3O2. The maximum absolute atomic E-state index is 12.3. The van der Waals surface area contributed by atoms with Gasteiger partial charge in [-0.1, -0.05) is 6.07 Å². The quantitative estimate of drug-likeness (QED) is 0.758. The highest BCUT2D eigenvalue weighted by Crippen LogP contribution is 2.19. The number of carbonyl (C=O) groups is 1. The van der Waals surface area contributed by atoms with Gasteiger partial charge in [0.2, 0.25) is 5.91 Å². The molecule has 0 bridgehead atoms. The average molecular weight is 305 g/mol. The Bertz CT molecular complexity index is 453. The molecule has 5 heteroatoms. The molecule has 1 aliphatic rings. The minimum atomic E-state index is 0.0938. The summed E-state index contributed by atoms with van der Waals surface area (Å²) in [4.78, 5) is 18.9. The number of aromatic nitrogens is 1. The van der Waals surface area contributed by atoms with E-state index in [0.29, 0.717) is 5.82 Å². The van der Waals surface area contributed by atoms with Crippen LogP contribution in [0.15, 0.2) is 18.3 Å². The summed E-state index contributed by atoms with van der Waals surface area (Å²) in [6.07, 6.45) is 6.70. The summed E-state index contributed by atoms with van der Waals surface area (Å²) < 4.78 is 0. The lowest BCUT2D eigenvalue weighted by atomic mass is 9.95. The number of likely N-dealkylation sites (tertiary alicyclic amines) is 1. The number of rotatable bonds is 7. The van der Waals surface area contributed by atoms with Crippen LogP contribution in [0.3, 0.4) is 0 Å². The van der Waals surface area contributed by atoms with Gasteiger partial charge in [0.25, 0.3) is 0 Å². The second kappa shape index (κ2) is 8.86. The number of piperidine rings is 1.